The Morgan fingerprint density at radius 2 is 2.10 bits per heavy atom. The minimum atomic E-state index is -0.202. The molecule has 0 radical (unpaired) electrons. The summed E-state index contributed by atoms with van der Waals surface area (Å²) in [6.07, 6.45) is 1.74. The van der Waals surface area contributed by atoms with Crippen molar-refractivity contribution < 1.29 is 9.53 Å². The van der Waals surface area contributed by atoms with Crippen LogP contribution in [0.15, 0.2) is 30.3 Å². The van der Waals surface area contributed by atoms with Gasteiger partial charge in [0.2, 0.25) is 0 Å². The highest BCUT2D eigenvalue weighted by molar-refractivity contribution is 5.68. The first-order valence-corrected chi connectivity index (χ1v) is 7.77. The SMILES string of the molecule is CCCCOC(=O)N1CC(C)(C)NCC1c1ccccc1. The Bertz CT molecular complexity index is 459. The van der Waals surface area contributed by atoms with Gasteiger partial charge in [0.1, 0.15) is 0 Å². The minimum Gasteiger partial charge on any atom is -0.449 e. The molecule has 1 heterocycles. The molecule has 1 atom stereocenters. The molecule has 0 aromatic heterocycles. The average Bonchev–Trinajstić information content (AvgIpc) is 2.47. The van der Waals surface area contributed by atoms with Crippen molar-refractivity contribution in [3.63, 3.8) is 0 Å². The van der Waals surface area contributed by atoms with Crippen molar-refractivity contribution in [1.29, 1.82) is 0 Å². The summed E-state index contributed by atoms with van der Waals surface area (Å²) in [6.45, 7) is 8.22. The zero-order chi connectivity index (χ0) is 15.3. The van der Waals surface area contributed by atoms with Crippen molar-refractivity contribution in [1.82, 2.24) is 10.2 Å². The number of ether oxygens (including phenoxy) is 1. The van der Waals surface area contributed by atoms with Gasteiger partial charge in [-0.1, -0.05) is 43.7 Å². The van der Waals surface area contributed by atoms with Crippen LogP contribution < -0.4 is 5.32 Å². The highest BCUT2D eigenvalue weighted by atomic mass is 16.6. The molecule has 2 rings (SSSR count). The summed E-state index contributed by atoms with van der Waals surface area (Å²) in [6, 6.07) is 10.2. The van der Waals surface area contributed by atoms with Gasteiger partial charge in [0.15, 0.2) is 0 Å². The van der Waals surface area contributed by atoms with Crippen molar-refractivity contribution in [2.45, 2.75) is 45.2 Å². The molecule has 4 heteroatoms. The molecule has 0 saturated carbocycles. The fourth-order valence-electron chi connectivity index (χ4n) is 2.63. The van der Waals surface area contributed by atoms with Gasteiger partial charge in [0.05, 0.1) is 12.6 Å². The van der Waals surface area contributed by atoms with E-state index in [0.717, 1.165) is 24.9 Å². The fourth-order valence-corrected chi connectivity index (χ4v) is 2.63. The van der Waals surface area contributed by atoms with Crippen LogP contribution in [0.25, 0.3) is 0 Å². The van der Waals surface area contributed by atoms with Gasteiger partial charge in [-0.15, -0.1) is 0 Å². The number of hydrogen-bond donors (Lipinski definition) is 1. The van der Waals surface area contributed by atoms with E-state index in [-0.39, 0.29) is 17.7 Å². The molecule has 21 heavy (non-hydrogen) atoms. The smallest absolute Gasteiger partial charge is 0.410 e. The Hall–Kier alpha value is -1.55. The highest BCUT2D eigenvalue weighted by Gasteiger charge is 2.36. The van der Waals surface area contributed by atoms with Crippen LogP contribution in [-0.2, 0) is 4.74 Å². The van der Waals surface area contributed by atoms with E-state index in [1.165, 1.54) is 0 Å². The topological polar surface area (TPSA) is 41.6 Å². The number of unbranched alkanes of at least 4 members (excludes halogenated alkanes) is 1. The molecule has 116 valence electrons. The number of piperazine rings is 1. The van der Waals surface area contributed by atoms with Crippen molar-refractivity contribution in [3.05, 3.63) is 35.9 Å². The van der Waals surface area contributed by atoms with Crippen LogP contribution in [-0.4, -0.2) is 36.2 Å². The first-order valence-electron chi connectivity index (χ1n) is 7.77. The number of carbonyl (C=O) groups is 1. The summed E-state index contributed by atoms with van der Waals surface area (Å²) < 4.78 is 5.43. The average molecular weight is 290 g/mol. The normalized spacial score (nSPS) is 21.1. The molecule has 0 aliphatic carbocycles. The maximum absolute atomic E-state index is 12.4. The number of nitrogens with one attached hydrogen (secondary N) is 1. The van der Waals surface area contributed by atoms with E-state index in [0.29, 0.717) is 13.2 Å². The summed E-state index contributed by atoms with van der Waals surface area (Å²) in [5, 5.41) is 3.51. The van der Waals surface area contributed by atoms with Gasteiger partial charge >= 0.3 is 6.09 Å². The number of rotatable bonds is 4. The van der Waals surface area contributed by atoms with Crippen LogP contribution in [0.5, 0.6) is 0 Å². The lowest BCUT2D eigenvalue weighted by Crippen LogP contribution is -2.59. The lowest BCUT2D eigenvalue weighted by Gasteiger charge is -2.44. The first kappa shape index (κ1) is 15.8. The van der Waals surface area contributed by atoms with Crippen LogP contribution in [0.3, 0.4) is 0 Å². The predicted octanol–water partition coefficient (Wildman–Crippen LogP) is 3.35. The van der Waals surface area contributed by atoms with Gasteiger partial charge in [0.25, 0.3) is 0 Å². The molecule has 1 unspecified atom stereocenters. The van der Waals surface area contributed by atoms with Crippen molar-refractivity contribution >= 4 is 6.09 Å². The molecule has 1 N–H and O–H groups in total. The largest absolute Gasteiger partial charge is 0.449 e. The third-order valence-electron chi connectivity index (χ3n) is 3.86. The standard InChI is InChI=1S/C17H26N2O2/c1-4-5-11-21-16(20)19-13-17(2,3)18-12-15(19)14-9-7-6-8-10-14/h6-10,15,18H,4-5,11-13H2,1-3H3. The van der Waals surface area contributed by atoms with Gasteiger partial charge in [-0.3, -0.25) is 4.90 Å². The van der Waals surface area contributed by atoms with Gasteiger partial charge < -0.3 is 10.1 Å². The number of hydrogen-bond acceptors (Lipinski definition) is 3. The Morgan fingerprint density at radius 3 is 2.76 bits per heavy atom. The van der Waals surface area contributed by atoms with E-state index in [1.807, 2.05) is 23.1 Å². The second-order valence-electron chi connectivity index (χ2n) is 6.29. The summed E-state index contributed by atoms with van der Waals surface area (Å²) in [7, 11) is 0. The van der Waals surface area contributed by atoms with E-state index in [1.54, 1.807) is 0 Å². The van der Waals surface area contributed by atoms with E-state index in [4.69, 9.17) is 4.74 Å². The molecule has 0 spiro atoms. The summed E-state index contributed by atoms with van der Waals surface area (Å²) in [5.41, 5.74) is 1.06. The third-order valence-corrected chi connectivity index (χ3v) is 3.86. The van der Waals surface area contributed by atoms with Crippen LogP contribution >= 0.6 is 0 Å². The van der Waals surface area contributed by atoms with Gasteiger partial charge in [-0.05, 0) is 25.8 Å². The quantitative estimate of drug-likeness (QED) is 0.865. The Morgan fingerprint density at radius 1 is 1.38 bits per heavy atom. The minimum absolute atomic E-state index is 0.0355. The molecule has 0 bridgehead atoms. The second kappa shape index (κ2) is 6.94. The number of amides is 1. The van der Waals surface area contributed by atoms with Gasteiger partial charge in [-0.25, -0.2) is 4.79 Å². The van der Waals surface area contributed by atoms with Crippen LogP contribution in [0.1, 0.15) is 45.2 Å². The van der Waals surface area contributed by atoms with E-state index in [2.05, 4.69) is 38.2 Å². The molecule has 1 aliphatic heterocycles. The maximum Gasteiger partial charge on any atom is 0.410 e. The summed E-state index contributed by atoms with van der Waals surface area (Å²) >= 11 is 0. The second-order valence-corrected chi connectivity index (χ2v) is 6.29. The van der Waals surface area contributed by atoms with Gasteiger partial charge in [-0.2, -0.15) is 0 Å². The van der Waals surface area contributed by atoms with E-state index in [9.17, 15) is 4.79 Å². The van der Waals surface area contributed by atoms with E-state index < -0.39 is 0 Å². The molecular weight excluding hydrogens is 264 g/mol. The molecule has 4 nitrogen and oxygen atoms in total. The van der Waals surface area contributed by atoms with E-state index >= 15 is 0 Å². The molecule has 1 amide bonds. The Kier molecular flexibility index (Phi) is 5.23. The van der Waals surface area contributed by atoms with Crippen molar-refractivity contribution in [3.8, 4) is 0 Å². The van der Waals surface area contributed by atoms with Crippen LogP contribution in [0.4, 0.5) is 4.79 Å². The molecule has 1 saturated heterocycles. The molecule has 1 aromatic rings. The fraction of sp³-hybridized carbons (Fsp3) is 0.588. The Balaban J connectivity index is 2.12. The lowest BCUT2D eigenvalue weighted by atomic mass is 9.95. The molecule has 1 fully saturated rings. The molecular formula is C17H26N2O2. The third kappa shape index (κ3) is 4.21. The Labute approximate surface area is 127 Å². The summed E-state index contributed by atoms with van der Waals surface area (Å²) in [4.78, 5) is 14.3. The van der Waals surface area contributed by atoms with Gasteiger partial charge in [0, 0.05) is 18.6 Å². The number of nitrogens with zero attached hydrogens (tertiary/aromatic N) is 1. The lowest BCUT2D eigenvalue weighted by molar-refractivity contribution is 0.0532. The van der Waals surface area contributed by atoms with Crippen molar-refractivity contribution in [2.24, 2.45) is 0 Å². The monoisotopic (exact) mass is 290 g/mol. The zero-order valence-electron chi connectivity index (χ0n) is 13.3. The molecule has 1 aromatic carbocycles. The maximum atomic E-state index is 12.4. The first-order chi connectivity index (χ1) is 10.0. The highest BCUT2D eigenvalue weighted by Crippen LogP contribution is 2.27. The summed E-state index contributed by atoms with van der Waals surface area (Å²) in [5.74, 6) is 0. The molecule has 1 aliphatic rings. The predicted molar refractivity (Wildman–Crippen MR) is 84.2 cm³/mol. The number of carbonyl (C=O) groups excluding carboxylic acids is 1. The zero-order valence-corrected chi connectivity index (χ0v) is 13.3. The van der Waals surface area contributed by atoms with Crippen molar-refractivity contribution in [2.75, 3.05) is 19.7 Å². The number of benzene rings is 1. The van der Waals surface area contributed by atoms with Crippen LogP contribution in [0.2, 0.25) is 0 Å². The van der Waals surface area contributed by atoms with Crippen LogP contribution in [0, 0.1) is 0 Å².